The lowest BCUT2D eigenvalue weighted by atomic mass is 10.2. The first-order valence-corrected chi connectivity index (χ1v) is 5.66. The van der Waals surface area contributed by atoms with E-state index < -0.39 is 0 Å². The van der Waals surface area contributed by atoms with Crippen molar-refractivity contribution in [3.8, 4) is 5.69 Å². The van der Waals surface area contributed by atoms with Gasteiger partial charge in [0.05, 0.1) is 22.7 Å². The van der Waals surface area contributed by atoms with E-state index in [-0.39, 0.29) is 12.5 Å². The number of imidazole rings is 1. The molecule has 0 unspecified atom stereocenters. The number of para-hydroxylation sites is 1. The Bertz CT molecular complexity index is 540. The van der Waals surface area contributed by atoms with E-state index in [9.17, 15) is 4.79 Å². The molecule has 1 aromatic heterocycles. The number of anilines is 1. The standard InChI is InChI=1S/C12H12ClN3O2/c1-18-7-11(17)15-10-4-2-3-9(13)12(10)16-6-5-14-8-16/h2-6,8H,7H2,1H3,(H,15,17). The average Bonchev–Trinajstić information content (AvgIpc) is 2.82. The number of carbonyl (C=O) groups excluding carboxylic acids is 1. The first kappa shape index (κ1) is 12.6. The maximum atomic E-state index is 11.5. The fraction of sp³-hybridized carbons (Fsp3) is 0.167. The lowest BCUT2D eigenvalue weighted by molar-refractivity contribution is -0.119. The van der Waals surface area contributed by atoms with Crippen molar-refractivity contribution >= 4 is 23.2 Å². The van der Waals surface area contributed by atoms with Crippen LogP contribution in [0, 0.1) is 0 Å². The summed E-state index contributed by atoms with van der Waals surface area (Å²) < 4.78 is 6.51. The Morgan fingerprint density at radius 2 is 2.39 bits per heavy atom. The number of halogens is 1. The van der Waals surface area contributed by atoms with Crippen LogP contribution in [0.2, 0.25) is 5.02 Å². The van der Waals surface area contributed by atoms with Crippen LogP contribution in [0.1, 0.15) is 0 Å². The van der Waals surface area contributed by atoms with E-state index in [1.807, 2.05) is 0 Å². The van der Waals surface area contributed by atoms with Gasteiger partial charge in [0, 0.05) is 19.5 Å². The van der Waals surface area contributed by atoms with Crippen LogP contribution in [-0.4, -0.2) is 29.2 Å². The van der Waals surface area contributed by atoms with Crippen LogP contribution in [0.25, 0.3) is 5.69 Å². The van der Waals surface area contributed by atoms with Gasteiger partial charge < -0.3 is 14.6 Å². The van der Waals surface area contributed by atoms with Gasteiger partial charge >= 0.3 is 0 Å². The summed E-state index contributed by atoms with van der Waals surface area (Å²) in [4.78, 5) is 15.5. The van der Waals surface area contributed by atoms with Crippen LogP contribution in [0.5, 0.6) is 0 Å². The zero-order chi connectivity index (χ0) is 13.0. The third kappa shape index (κ3) is 2.69. The summed E-state index contributed by atoms with van der Waals surface area (Å²) in [6.07, 6.45) is 5.02. The van der Waals surface area contributed by atoms with E-state index in [4.69, 9.17) is 16.3 Å². The molecule has 6 heteroatoms. The summed E-state index contributed by atoms with van der Waals surface area (Å²) >= 11 is 6.15. The van der Waals surface area contributed by atoms with E-state index in [0.717, 1.165) is 0 Å². The van der Waals surface area contributed by atoms with Crippen molar-refractivity contribution in [3.63, 3.8) is 0 Å². The Balaban J connectivity index is 2.36. The molecule has 1 aromatic carbocycles. The highest BCUT2D eigenvalue weighted by Crippen LogP contribution is 2.28. The zero-order valence-corrected chi connectivity index (χ0v) is 10.5. The van der Waals surface area contributed by atoms with Crippen LogP contribution < -0.4 is 5.32 Å². The number of hydrogen-bond acceptors (Lipinski definition) is 3. The third-order valence-electron chi connectivity index (χ3n) is 2.30. The molecule has 0 atom stereocenters. The van der Waals surface area contributed by atoms with Gasteiger partial charge in [-0.25, -0.2) is 4.98 Å². The first-order chi connectivity index (χ1) is 8.72. The number of amides is 1. The largest absolute Gasteiger partial charge is 0.375 e. The van der Waals surface area contributed by atoms with E-state index >= 15 is 0 Å². The Hall–Kier alpha value is -1.85. The number of aromatic nitrogens is 2. The lowest BCUT2D eigenvalue weighted by Gasteiger charge is -2.12. The average molecular weight is 266 g/mol. The van der Waals surface area contributed by atoms with Gasteiger partial charge in [0.1, 0.15) is 6.61 Å². The summed E-state index contributed by atoms with van der Waals surface area (Å²) in [6.45, 7) is -0.00409. The molecular formula is C12H12ClN3O2. The van der Waals surface area contributed by atoms with E-state index in [0.29, 0.717) is 16.4 Å². The number of rotatable bonds is 4. The first-order valence-electron chi connectivity index (χ1n) is 5.28. The van der Waals surface area contributed by atoms with Gasteiger partial charge in [0.15, 0.2) is 0 Å². The topological polar surface area (TPSA) is 56.1 Å². The SMILES string of the molecule is COCC(=O)Nc1cccc(Cl)c1-n1ccnc1. The second kappa shape index (κ2) is 5.66. The Morgan fingerprint density at radius 1 is 1.56 bits per heavy atom. The molecule has 94 valence electrons. The van der Waals surface area contributed by atoms with Gasteiger partial charge in [-0.1, -0.05) is 17.7 Å². The van der Waals surface area contributed by atoms with Gasteiger partial charge in [-0.05, 0) is 12.1 Å². The van der Waals surface area contributed by atoms with E-state index in [1.54, 1.807) is 41.5 Å². The fourth-order valence-electron chi connectivity index (χ4n) is 1.59. The maximum Gasteiger partial charge on any atom is 0.250 e. The van der Waals surface area contributed by atoms with Gasteiger partial charge in [-0.2, -0.15) is 0 Å². The number of nitrogens with one attached hydrogen (secondary N) is 1. The molecule has 0 aliphatic rings. The predicted octanol–water partition coefficient (Wildman–Crippen LogP) is 2.11. The molecule has 0 aliphatic carbocycles. The monoisotopic (exact) mass is 265 g/mol. The molecule has 0 saturated carbocycles. The molecular weight excluding hydrogens is 254 g/mol. The van der Waals surface area contributed by atoms with Crippen LogP contribution in [-0.2, 0) is 9.53 Å². The highest BCUT2D eigenvalue weighted by Gasteiger charge is 2.11. The molecule has 5 nitrogen and oxygen atoms in total. The smallest absolute Gasteiger partial charge is 0.250 e. The molecule has 0 aliphatic heterocycles. The van der Waals surface area contributed by atoms with Gasteiger partial charge in [0.25, 0.3) is 0 Å². The van der Waals surface area contributed by atoms with Crippen molar-refractivity contribution in [1.82, 2.24) is 9.55 Å². The molecule has 1 N–H and O–H groups in total. The van der Waals surface area contributed by atoms with Crippen LogP contribution >= 0.6 is 11.6 Å². The quantitative estimate of drug-likeness (QED) is 0.921. The highest BCUT2D eigenvalue weighted by molar-refractivity contribution is 6.33. The summed E-state index contributed by atoms with van der Waals surface area (Å²) in [7, 11) is 1.47. The molecule has 2 rings (SSSR count). The number of benzene rings is 1. The second-order valence-corrected chi connectivity index (χ2v) is 3.99. The molecule has 1 heterocycles. The lowest BCUT2D eigenvalue weighted by Crippen LogP contribution is -2.18. The summed E-state index contributed by atoms with van der Waals surface area (Å²) in [6, 6.07) is 5.29. The molecule has 0 saturated heterocycles. The number of nitrogens with zero attached hydrogens (tertiary/aromatic N) is 2. The van der Waals surface area contributed by atoms with Gasteiger partial charge in [0.2, 0.25) is 5.91 Å². The summed E-state index contributed by atoms with van der Waals surface area (Å²) in [5, 5.41) is 3.27. The minimum Gasteiger partial charge on any atom is -0.375 e. The zero-order valence-electron chi connectivity index (χ0n) is 9.76. The summed E-state index contributed by atoms with van der Waals surface area (Å²) in [5.41, 5.74) is 1.30. The minimum absolute atomic E-state index is 0.00409. The molecule has 2 aromatic rings. The highest BCUT2D eigenvalue weighted by atomic mass is 35.5. The Morgan fingerprint density at radius 3 is 3.06 bits per heavy atom. The van der Waals surface area contributed by atoms with Gasteiger partial charge in [-0.3, -0.25) is 4.79 Å². The number of carbonyl (C=O) groups is 1. The van der Waals surface area contributed by atoms with Crippen LogP contribution in [0.15, 0.2) is 36.9 Å². The molecule has 0 bridgehead atoms. The maximum absolute atomic E-state index is 11.5. The Labute approximate surface area is 109 Å². The Kier molecular flexibility index (Phi) is 3.96. The van der Waals surface area contributed by atoms with Crippen LogP contribution in [0.3, 0.4) is 0 Å². The molecule has 1 amide bonds. The van der Waals surface area contributed by atoms with Crippen molar-refractivity contribution in [3.05, 3.63) is 41.9 Å². The van der Waals surface area contributed by atoms with Crippen LogP contribution in [0.4, 0.5) is 5.69 Å². The van der Waals surface area contributed by atoms with E-state index in [2.05, 4.69) is 10.3 Å². The normalized spacial score (nSPS) is 10.3. The van der Waals surface area contributed by atoms with Crippen molar-refractivity contribution in [2.75, 3.05) is 19.0 Å². The molecule has 0 spiro atoms. The number of ether oxygens (including phenoxy) is 1. The van der Waals surface area contributed by atoms with Crippen molar-refractivity contribution < 1.29 is 9.53 Å². The third-order valence-corrected chi connectivity index (χ3v) is 2.60. The van der Waals surface area contributed by atoms with Crippen molar-refractivity contribution in [2.45, 2.75) is 0 Å². The molecule has 18 heavy (non-hydrogen) atoms. The molecule has 0 fully saturated rings. The number of hydrogen-bond donors (Lipinski definition) is 1. The second-order valence-electron chi connectivity index (χ2n) is 3.59. The molecule has 0 radical (unpaired) electrons. The van der Waals surface area contributed by atoms with E-state index in [1.165, 1.54) is 7.11 Å². The minimum atomic E-state index is -0.235. The fourth-order valence-corrected chi connectivity index (χ4v) is 1.86. The predicted molar refractivity (Wildman–Crippen MR) is 69.1 cm³/mol. The van der Waals surface area contributed by atoms with Crippen molar-refractivity contribution in [1.29, 1.82) is 0 Å². The van der Waals surface area contributed by atoms with Crippen molar-refractivity contribution in [2.24, 2.45) is 0 Å². The van der Waals surface area contributed by atoms with Gasteiger partial charge in [-0.15, -0.1) is 0 Å². The number of methoxy groups -OCH3 is 1. The summed E-state index contributed by atoms with van der Waals surface area (Å²) in [5.74, 6) is -0.235.